The van der Waals surface area contributed by atoms with Gasteiger partial charge >= 0.3 is 0 Å². The van der Waals surface area contributed by atoms with Gasteiger partial charge in [0.15, 0.2) is 5.69 Å². The van der Waals surface area contributed by atoms with Gasteiger partial charge in [0.1, 0.15) is 5.75 Å². The molecule has 0 radical (unpaired) electrons. The van der Waals surface area contributed by atoms with E-state index in [4.69, 9.17) is 4.74 Å². The van der Waals surface area contributed by atoms with Crippen molar-refractivity contribution in [1.82, 2.24) is 15.1 Å². The molecule has 2 rings (SSSR count). The summed E-state index contributed by atoms with van der Waals surface area (Å²) < 4.78 is 6.69. The topological polar surface area (TPSA) is 85.3 Å². The first-order valence-corrected chi connectivity index (χ1v) is 7.90. The number of nitrogens with zero attached hydrogens (tertiary/aromatic N) is 2. The molecule has 2 amide bonds. The molecular weight excluding hydrogens is 308 g/mol. The molecule has 7 heteroatoms. The quantitative estimate of drug-likeness (QED) is 0.816. The average Bonchev–Trinajstić information content (AvgIpc) is 3.02. The SMILES string of the molecule is CCCNC(=O)c1nn(CC)cc1NC(=O)c1ccc(OC)cc1. The highest BCUT2D eigenvalue weighted by molar-refractivity contribution is 6.08. The van der Waals surface area contributed by atoms with E-state index in [1.165, 1.54) is 0 Å². The Morgan fingerprint density at radius 2 is 1.88 bits per heavy atom. The monoisotopic (exact) mass is 330 g/mol. The highest BCUT2D eigenvalue weighted by Gasteiger charge is 2.18. The van der Waals surface area contributed by atoms with Crippen LogP contribution in [0.15, 0.2) is 30.5 Å². The molecule has 0 aliphatic carbocycles. The molecular formula is C17H22N4O3. The highest BCUT2D eigenvalue weighted by atomic mass is 16.5. The number of anilines is 1. The fourth-order valence-corrected chi connectivity index (χ4v) is 2.10. The first-order valence-electron chi connectivity index (χ1n) is 7.90. The van der Waals surface area contributed by atoms with E-state index < -0.39 is 0 Å². The number of rotatable bonds is 7. The Kier molecular flexibility index (Phi) is 5.95. The maximum absolute atomic E-state index is 12.4. The molecule has 2 N–H and O–H groups in total. The van der Waals surface area contributed by atoms with Crippen LogP contribution in [0.3, 0.4) is 0 Å². The molecule has 2 aromatic rings. The van der Waals surface area contributed by atoms with Crippen LogP contribution >= 0.6 is 0 Å². The Labute approximate surface area is 141 Å². The van der Waals surface area contributed by atoms with Gasteiger partial charge in [0.2, 0.25) is 0 Å². The van der Waals surface area contributed by atoms with Crippen molar-refractivity contribution in [2.24, 2.45) is 0 Å². The molecule has 0 spiro atoms. The molecule has 0 atom stereocenters. The summed E-state index contributed by atoms with van der Waals surface area (Å²) in [5, 5.41) is 9.75. The minimum Gasteiger partial charge on any atom is -0.497 e. The first kappa shape index (κ1) is 17.5. The molecule has 0 saturated carbocycles. The third-order valence-corrected chi connectivity index (χ3v) is 3.44. The number of amides is 2. The van der Waals surface area contributed by atoms with Crippen LogP contribution in [0.4, 0.5) is 5.69 Å². The molecule has 1 aromatic heterocycles. The maximum Gasteiger partial charge on any atom is 0.273 e. The van der Waals surface area contributed by atoms with E-state index in [-0.39, 0.29) is 17.5 Å². The summed E-state index contributed by atoms with van der Waals surface area (Å²) in [6.07, 6.45) is 2.48. The number of benzene rings is 1. The molecule has 1 aromatic carbocycles. The third kappa shape index (κ3) is 4.13. The number of hydrogen-bond acceptors (Lipinski definition) is 4. The molecule has 0 aliphatic rings. The van der Waals surface area contributed by atoms with E-state index in [2.05, 4.69) is 15.7 Å². The lowest BCUT2D eigenvalue weighted by atomic mass is 10.2. The summed E-state index contributed by atoms with van der Waals surface area (Å²) in [5.74, 6) is 0.0666. The van der Waals surface area contributed by atoms with Crippen molar-refractivity contribution in [3.05, 3.63) is 41.7 Å². The normalized spacial score (nSPS) is 10.3. The van der Waals surface area contributed by atoms with Crippen LogP contribution < -0.4 is 15.4 Å². The molecule has 0 bridgehead atoms. The van der Waals surface area contributed by atoms with Gasteiger partial charge in [-0.25, -0.2) is 0 Å². The predicted octanol–water partition coefficient (Wildman–Crippen LogP) is 2.30. The zero-order valence-electron chi connectivity index (χ0n) is 14.1. The fourth-order valence-electron chi connectivity index (χ4n) is 2.10. The van der Waals surface area contributed by atoms with Gasteiger partial charge in [0.25, 0.3) is 11.8 Å². The minimum atomic E-state index is -0.308. The summed E-state index contributed by atoms with van der Waals surface area (Å²) in [4.78, 5) is 24.6. The number of carbonyl (C=O) groups is 2. The Morgan fingerprint density at radius 1 is 1.17 bits per heavy atom. The Morgan fingerprint density at radius 3 is 2.46 bits per heavy atom. The molecule has 1 heterocycles. The predicted molar refractivity (Wildman–Crippen MR) is 91.5 cm³/mol. The second-order valence-electron chi connectivity index (χ2n) is 5.19. The minimum absolute atomic E-state index is 0.215. The van der Waals surface area contributed by atoms with E-state index in [9.17, 15) is 9.59 Å². The summed E-state index contributed by atoms with van der Waals surface area (Å²) >= 11 is 0. The number of aromatic nitrogens is 2. The summed E-state index contributed by atoms with van der Waals surface area (Å²) in [7, 11) is 1.56. The second kappa shape index (κ2) is 8.14. The van der Waals surface area contributed by atoms with Crippen molar-refractivity contribution in [2.45, 2.75) is 26.8 Å². The molecule has 0 aliphatic heterocycles. The van der Waals surface area contributed by atoms with Gasteiger partial charge in [-0.2, -0.15) is 5.10 Å². The molecule has 128 valence electrons. The van der Waals surface area contributed by atoms with Crippen LogP contribution in [0.1, 0.15) is 41.1 Å². The van der Waals surface area contributed by atoms with Gasteiger partial charge in [-0.05, 0) is 37.6 Å². The Bertz CT molecular complexity index is 707. The van der Waals surface area contributed by atoms with Gasteiger partial charge in [0.05, 0.1) is 12.8 Å². The number of ether oxygens (including phenoxy) is 1. The lowest BCUT2D eigenvalue weighted by Gasteiger charge is -2.06. The number of methoxy groups -OCH3 is 1. The number of hydrogen-bond donors (Lipinski definition) is 2. The van der Waals surface area contributed by atoms with E-state index in [1.54, 1.807) is 42.3 Å². The molecule has 7 nitrogen and oxygen atoms in total. The zero-order chi connectivity index (χ0) is 17.5. The molecule has 0 unspecified atom stereocenters. The second-order valence-corrected chi connectivity index (χ2v) is 5.19. The third-order valence-electron chi connectivity index (χ3n) is 3.44. The van der Waals surface area contributed by atoms with Crippen molar-refractivity contribution in [2.75, 3.05) is 19.0 Å². The zero-order valence-corrected chi connectivity index (χ0v) is 14.1. The van der Waals surface area contributed by atoms with Crippen LogP contribution in [0.5, 0.6) is 5.75 Å². The lowest BCUT2D eigenvalue weighted by Crippen LogP contribution is -2.26. The van der Waals surface area contributed by atoms with Crippen molar-refractivity contribution < 1.29 is 14.3 Å². The van der Waals surface area contributed by atoms with Gasteiger partial charge in [0, 0.05) is 24.8 Å². The van der Waals surface area contributed by atoms with E-state index >= 15 is 0 Å². The smallest absolute Gasteiger partial charge is 0.273 e. The number of nitrogens with one attached hydrogen (secondary N) is 2. The van der Waals surface area contributed by atoms with Gasteiger partial charge in [-0.15, -0.1) is 0 Å². The fraction of sp³-hybridized carbons (Fsp3) is 0.353. The molecule has 0 saturated heterocycles. The molecule has 0 fully saturated rings. The Hall–Kier alpha value is -2.83. The van der Waals surface area contributed by atoms with Gasteiger partial charge in [-0.3, -0.25) is 14.3 Å². The van der Waals surface area contributed by atoms with Crippen molar-refractivity contribution >= 4 is 17.5 Å². The van der Waals surface area contributed by atoms with Gasteiger partial charge in [-0.1, -0.05) is 6.92 Å². The van der Waals surface area contributed by atoms with E-state index in [0.29, 0.717) is 30.1 Å². The van der Waals surface area contributed by atoms with Crippen LogP contribution in [0, 0.1) is 0 Å². The van der Waals surface area contributed by atoms with Crippen molar-refractivity contribution in [3.8, 4) is 5.75 Å². The number of carbonyl (C=O) groups excluding carboxylic acids is 2. The van der Waals surface area contributed by atoms with Crippen LogP contribution in [-0.4, -0.2) is 35.2 Å². The standard InChI is InChI=1S/C17H22N4O3/c1-4-10-18-17(23)15-14(11-21(5-2)20-15)19-16(22)12-6-8-13(24-3)9-7-12/h6-9,11H,4-5,10H2,1-3H3,(H,18,23)(H,19,22). The van der Waals surface area contributed by atoms with Gasteiger partial charge < -0.3 is 15.4 Å². The maximum atomic E-state index is 12.4. The first-order chi connectivity index (χ1) is 11.6. The summed E-state index contributed by atoms with van der Waals surface area (Å²) in [6, 6.07) is 6.74. The summed E-state index contributed by atoms with van der Waals surface area (Å²) in [6.45, 7) is 5.04. The van der Waals surface area contributed by atoms with E-state index in [1.807, 2.05) is 13.8 Å². The van der Waals surface area contributed by atoms with Crippen molar-refractivity contribution in [3.63, 3.8) is 0 Å². The molecule has 24 heavy (non-hydrogen) atoms. The summed E-state index contributed by atoms with van der Waals surface area (Å²) in [5.41, 5.74) is 1.08. The van der Waals surface area contributed by atoms with Crippen molar-refractivity contribution in [1.29, 1.82) is 0 Å². The average molecular weight is 330 g/mol. The van der Waals surface area contributed by atoms with Crippen LogP contribution in [0.2, 0.25) is 0 Å². The lowest BCUT2D eigenvalue weighted by molar-refractivity contribution is 0.0948. The Balaban J connectivity index is 2.19. The largest absolute Gasteiger partial charge is 0.497 e. The number of aryl methyl sites for hydroxylation is 1. The van der Waals surface area contributed by atoms with Crippen LogP contribution in [-0.2, 0) is 6.54 Å². The van der Waals surface area contributed by atoms with Crippen LogP contribution in [0.25, 0.3) is 0 Å². The van der Waals surface area contributed by atoms with E-state index in [0.717, 1.165) is 6.42 Å². The highest BCUT2D eigenvalue weighted by Crippen LogP contribution is 2.17.